The normalized spacial score (nSPS) is 17.0. The van der Waals surface area contributed by atoms with Crippen LogP contribution in [0.15, 0.2) is 47.2 Å². The minimum Gasteiger partial charge on any atom is -0.353 e. The summed E-state index contributed by atoms with van der Waals surface area (Å²) < 4.78 is 5.32. The highest BCUT2D eigenvalue weighted by atomic mass is 16.5. The van der Waals surface area contributed by atoms with Crippen LogP contribution in [-0.4, -0.2) is 57.1 Å². The maximum atomic E-state index is 12.5. The molecule has 2 aliphatic rings. The summed E-state index contributed by atoms with van der Waals surface area (Å²) in [4.78, 5) is 29.7. The van der Waals surface area contributed by atoms with Gasteiger partial charge in [0.1, 0.15) is 11.5 Å². The van der Waals surface area contributed by atoms with E-state index in [0.29, 0.717) is 30.5 Å². The van der Waals surface area contributed by atoms with Crippen molar-refractivity contribution in [3.05, 3.63) is 54.3 Å². The standard InChI is InChI=1S/C20H20N6O2/c27-20(16-3-1-2-8-21-16)26-11-9-25(10-12-26)17-7-6-15(13-22-17)18-23-19(28-24-18)14-4-5-14/h1-3,6-8,13-14H,4-5,9-12H2. The Balaban J connectivity index is 1.22. The SMILES string of the molecule is O=C(c1ccccn1)N1CCN(c2ccc(-c3noc(C4CC4)n3)cn2)CC1. The van der Waals surface area contributed by atoms with Crippen molar-refractivity contribution < 1.29 is 9.32 Å². The summed E-state index contributed by atoms with van der Waals surface area (Å²) in [6.07, 6.45) is 5.69. The Bertz CT molecular complexity index is 960. The largest absolute Gasteiger partial charge is 0.353 e. The summed E-state index contributed by atoms with van der Waals surface area (Å²) in [7, 11) is 0. The molecule has 0 bridgehead atoms. The Morgan fingerprint density at radius 2 is 1.89 bits per heavy atom. The van der Waals surface area contributed by atoms with Crippen LogP contribution in [0.25, 0.3) is 11.4 Å². The van der Waals surface area contributed by atoms with Gasteiger partial charge in [0.05, 0.1) is 0 Å². The molecule has 3 aromatic heterocycles. The van der Waals surface area contributed by atoms with Crippen LogP contribution in [0.3, 0.4) is 0 Å². The molecule has 0 atom stereocenters. The molecule has 4 heterocycles. The number of anilines is 1. The van der Waals surface area contributed by atoms with Crippen LogP contribution in [0.4, 0.5) is 5.82 Å². The Kier molecular flexibility index (Phi) is 4.23. The highest BCUT2D eigenvalue weighted by molar-refractivity contribution is 5.92. The number of hydrogen-bond donors (Lipinski definition) is 0. The van der Waals surface area contributed by atoms with Crippen molar-refractivity contribution in [3.8, 4) is 11.4 Å². The van der Waals surface area contributed by atoms with Crippen molar-refractivity contribution in [1.82, 2.24) is 25.0 Å². The first kappa shape index (κ1) is 16.9. The zero-order valence-corrected chi connectivity index (χ0v) is 15.4. The molecule has 1 aliphatic heterocycles. The zero-order chi connectivity index (χ0) is 18.9. The van der Waals surface area contributed by atoms with Crippen molar-refractivity contribution >= 4 is 11.7 Å². The van der Waals surface area contributed by atoms with Crippen molar-refractivity contribution in [1.29, 1.82) is 0 Å². The third kappa shape index (κ3) is 3.33. The van der Waals surface area contributed by atoms with E-state index in [-0.39, 0.29) is 5.91 Å². The zero-order valence-electron chi connectivity index (χ0n) is 15.4. The molecule has 1 saturated heterocycles. The van der Waals surface area contributed by atoms with Crippen LogP contribution in [-0.2, 0) is 0 Å². The molecule has 1 aliphatic carbocycles. The summed E-state index contributed by atoms with van der Waals surface area (Å²) in [5, 5.41) is 4.06. The molecule has 8 nitrogen and oxygen atoms in total. The van der Waals surface area contributed by atoms with Gasteiger partial charge < -0.3 is 14.3 Å². The van der Waals surface area contributed by atoms with E-state index in [1.54, 1.807) is 18.5 Å². The van der Waals surface area contributed by atoms with Gasteiger partial charge in [0, 0.05) is 50.1 Å². The smallest absolute Gasteiger partial charge is 0.272 e. The van der Waals surface area contributed by atoms with Gasteiger partial charge in [-0.25, -0.2) is 4.98 Å². The molecule has 2 fully saturated rings. The fraction of sp³-hybridized carbons (Fsp3) is 0.350. The summed E-state index contributed by atoms with van der Waals surface area (Å²) in [6, 6.07) is 9.33. The Morgan fingerprint density at radius 1 is 1.04 bits per heavy atom. The van der Waals surface area contributed by atoms with Gasteiger partial charge in [0.15, 0.2) is 0 Å². The fourth-order valence-electron chi connectivity index (χ4n) is 3.34. The van der Waals surface area contributed by atoms with Gasteiger partial charge in [0.25, 0.3) is 5.91 Å². The molecule has 142 valence electrons. The van der Waals surface area contributed by atoms with Crippen molar-refractivity contribution in [2.24, 2.45) is 0 Å². The van der Waals surface area contributed by atoms with Crippen molar-refractivity contribution in [2.45, 2.75) is 18.8 Å². The predicted molar refractivity (Wildman–Crippen MR) is 102 cm³/mol. The highest BCUT2D eigenvalue weighted by Crippen LogP contribution is 2.39. The monoisotopic (exact) mass is 376 g/mol. The molecule has 0 unspecified atom stereocenters. The predicted octanol–water partition coefficient (Wildman–Crippen LogP) is 2.37. The van der Waals surface area contributed by atoms with Crippen LogP contribution in [0.5, 0.6) is 0 Å². The maximum Gasteiger partial charge on any atom is 0.272 e. The molecule has 8 heteroatoms. The number of amides is 1. The third-order valence-corrected chi connectivity index (χ3v) is 5.15. The third-order valence-electron chi connectivity index (χ3n) is 5.15. The van der Waals surface area contributed by atoms with Crippen LogP contribution in [0.1, 0.15) is 35.1 Å². The molecule has 5 rings (SSSR count). The molecule has 0 radical (unpaired) electrons. The first-order valence-electron chi connectivity index (χ1n) is 9.53. The van der Waals surface area contributed by atoms with E-state index in [9.17, 15) is 4.79 Å². The minimum absolute atomic E-state index is 0.0212. The second-order valence-electron chi connectivity index (χ2n) is 7.13. The van der Waals surface area contributed by atoms with Gasteiger partial charge >= 0.3 is 0 Å². The molecule has 0 aromatic carbocycles. The maximum absolute atomic E-state index is 12.5. The summed E-state index contributed by atoms with van der Waals surface area (Å²) in [5.74, 6) is 2.63. The van der Waals surface area contributed by atoms with E-state index in [2.05, 4.69) is 25.0 Å². The summed E-state index contributed by atoms with van der Waals surface area (Å²) in [6.45, 7) is 2.76. The molecule has 0 spiro atoms. The number of pyridine rings is 2. The fourth-order valence-corrected chi connectivity index (χ4v) is 3.34. The van der Waals surface area contributed by atoms with Gasteiger partial charge in [-0.1, -0.05) is 11.2 Å². The Hall–Kier alpha value is -3.29. The summed E-state index contributed by atoms with van der Waals surface area (Å²) >= 11 is 0. The van der Waals surface area contributed by atoms with Crippen LogP contribution in [0, 0.1) is 0 Å². The first-order valence-corrected chi connectivity index (χ1v) is 9.53. The lowest BCUT2D eigenvalue weighted by atomic mass is 10.2. The number of hydrogen-bond acceptors (Lipinski definition) is 7. The number of nitrogens with zero attached hydrogens (tertiary/aromatic N) is 6. The van der Waals surface area contributed by atoms with Gasteiger partial charge in [-0.2, -0.15) is 4.98 Å². The Labute approximate surface area is 162 Å². The van der Waals surface area contributed by atoms with Gasteiger partial charge in [-0.15, -0.1) is 0 Å². The number of aromatic nitrogens is 4. The Morgan fingerprint density at radius 3 is 2.57 bits per heavy atom. The summed E-state index contributed by atoms with van der Waals surface area (Å²) in [5.41, 5.74) is 1.34. The average Bonchev–Trinajstić information content (AvgIpc) is 3.51. The van der Waals surface area contributed by atoms with E-state index < -0.39 is 0 Å². The molecular formula is C20H20N6O2. The highest BCUT2D eigenvalue weighted by Gasteiger charge is 2.30. The second-order valence-corrected chi connectivity index (χ2v) is 7.13. The van der Waals surface area contributed by atoms with E-state index in [4.69, 9.17) is 4.52 Å². The van der Waals surface area contributed by atoms with Gasteiger partial charge in [0.2, 0.25) is 11.7 Å². The number of carbonyl (C=O) groups excluding carboxylic acids is 1. The van der Waals surface area contributed by atoms with E-state index >= 15 is 0 Å². The quantitative estimate of drug-likeness (QED) is 0.691. The van der Waals surface area contributed by atoms with Crippen molar-refractivity contribution in [2.75, 3.05) is 31.1 Å². The van der Waals surface area contributed by atoms with Crippen LogP contribution >= 0.6 is 0 Å². The molecule has 1 saturated carbocycles. The molecule has 0 N–H and O–H groups in total. The van der Waals surface area contributed by atoms with Crippen LogP contribution in [0.2, 0.25) is 0 Å². The van der Waals surface area contributed by atoms with E-state index in [0.717, 1.165) is 43.2 Å². The van der Waals surface area contributed by atoms with E-state index in [1.165, 1.54) is 0 Å². The average molecular weight is 376 g/mol. The van der Waals surface area contributed by atoms with E-state index in [1.807, 2.05) is 29.2 Å². The van der Waals surface area contributed by atoms with Crippen LogP contribution < -0.4 is 4.90 Å². The van der Waals surface area contributed by atoms with Gasteiger partial charge in [-0.3, -0.25) is 9.78 Å². The number of rotatable bonds is 4. The second kappa shape index (κ2) is 7.03. The molecule has 1 amide bonds. The van der Waals surface area contributed by atoms with Crippen molar-refractivity contribution in [3.63, 3.8) is 0 Å². The lowest BCUT2D eigenvalue weighted by molar-refractivity contribution is 0.0740. The lowest BCUT2D eigenvalue weighted by Crippen LogP contribution is -2.49. The minimum atomic E-state index is -0.0212. The molecule has 3 aromatic rings. The lowest BCUT2D eigenvalue weighted by Gasteiger charge is -2.35. The number of piperazine rings is 1. The molecular weight excluding hydrogens is 356 g/mol. The first-order chi connectivity index (χ1) is 13.8. The number of carbonyl (C=O) groups is 1. The van der Waals surface area contributed by atoms with Gasteiger partial charge in [-0.05, 0) is 37.1 Å². The molecule has 28 heavy (non-hydrogen) atoms. The topological polar surface area (TPSA) is 88.3 Å².